The van der Waals surface area contributed by atoms with Gasteiger partial charge in [-0.25, -0.2) is 4.79 Å². The number of hydrogen-bond acceptors (Lipinski definition) is 3. The fourth-order valence-electron chi connectivity index (χ4n) is 0.859. The van der Waals surface area contributed by atoms with Crippen molar-refractivity contribution >= 4 is 21.9 Å². The Morgan fingerprint density at radius 1 is 2.00 bits per heavy atom. The van der Waals surface area contributed by atoms with Crippen LogP contribution in [-0.4, -0.2) is 17.5 Å². The third-order valence-corrected chi connectivity index (χ3v) is 1.94. The first kappa shape index (κ1) is 8.59. The van der Waals surface area contributed by atoms with Crippen LogP contribution >= 0.6 is 15.9 Å². The average Bonchev–Trinajstić information content (AvgIpc) is 2.36. The van der Waals surface area contributed by atoms with Crippen LogP contribution in [0.1, 0.15) is 13.3 Å². The summed E-state index contributed by atoms with van der Waals surface area (Å²) in [6.45, 7) is 2.21. The number of nitrogens with one attached hydrogen (secondary N) is 1. The highest BCUT2D eigenvalue weighted by atomic mass is 79.9. The van der Waals surface area contributed by atoms with Crippen LogP contribution in [0.4, 0.5) is 0 Å². The summed E-state index contributed by atoms with van der Waals surface area (Å²) in [5.41, 5.74) is 0.564. The lowest BCUT2D eigenvalue weighted by atomic mass is 10.4. The maximum atomic E-state index is 11.0. The fourth-order valence-corrected chi connectivity index (χ4v) is 1.29. The SMILES string of the molecule is CCOC(=O)C1=CCC(Br)N1. The van der Waals surface area contributed by atoms with Crippen molar-refractivity contribution in [3.63, 3.8) is 0 Å². The van der Waals surface area contributed by atoms with E-state index < -0.39 is 0 Å². The third kappa shape index (κ3) is 2.22. The quantitative estimate of drug-likeness (QED) is 0.431. The highest BCUT2D eigenvalue weighted by Gasteiger charge is 2.18. The minimum absolute atomic E-state index is 0.182. The zero-order chi connectivity index (χ0) is 8.27. The monoisotopic (exact) mass is 219 g/mol. The van der Waals surface area contributed by atoms with Gasteiger partial charge in [0.05, 0.1) is 11.6 Å². The molecule has 0 saturated carbocycles. The van der Waals surface area contributed by atoms with Gasteiger partial charge in [-0.2, -0.15) is 0 Å². The molecule has 1 rings (SSSR count). The molecule has 0 saturated heterocycles. The first-order chi connectivity index (χ1) is 5.24. The number of hydrogen-bond donors (Lipinski definition) is 1. The van der Waals surface area contributed by atoms with E-state index in [2.05, 4.69) is 21.2 Å². The van der Waals surface area contributed by atoms with Gasteiger partial charge < -0.3 is 10.1 Å². The van der Waals surface area contributed by atoms with E-state index in [-0.39, 0.29) is 10.9 Å². The van der Waals surface area contributed by atoms with Gasteiger partial charge in [0.15, 0.2) is 0 Å². The third-order valence-electron chi connectivity index (χ3n) is 1.34. The molecule has 0 aliphatic carbocycles. The van der Waals surface area contributed by atoms with Gasteiger partial charge in [0.1, 0.15) is 5.70 Å². The minimum atomic E-state index is -0.269. The molecule has 11 heavy (non-hydrogen) atoms. The number of carbonyl (C=O) groups is 1. The molecule has 0 aromatic heterocycles. The molecule has 3 nitrogen and oxygen atoms in total. The molecule has 1 heterocycles. The summed E-state index contributed by atoms with van der Waals surface area (Å²) in [5, 5.41) is 2.94. The Hall–Kier alpha value is -0.510. The second-order valence-corrected chi connectivity index (χ2v) is 3.29. The normalized spacial score (nSPS) is 22.4. The average molecular weight is 220 g/mol. The van der Waals surface area contributed by atoms with Gasteiger partial charge in [0.25, 0.3) is 0 Å². The molecule has 0 spiro atoms. The first-order valence-corrected chi connectivity index (χ1v) is 4.43. The van der Waals surface area contributed by atoms with Crippen LogP contribution in [0.3, 0.4) is 0 Å². The van der Waals surface area contributed by atoms with Crippen molar-refractivity contribution < 1.29 is 9.53 Å². The predicted octanol–water partition coefficient (Wildman–Crippen LogP) is 1.15. The Morgan fingerprint density at radius 2 is 2.73 bits per heavy atom. The molecule has 62 valence electrons. The van der Waals surface area contributed by atoms with Gasteiger partial charge in [0, 0.05) is 0 Å². The second kappa shape index (κ2) is 3.76. The Kier molecular flexibility index (Phi) is 2.93. The van der Waals surface area contributed by atoms with Gasteiger partial charge in [-0.1, -0.05) is 22.0 Å². The predicted molar refractivity (Wildman–Crippen MR) is 45.2 cm³/mol. The van der Waals surface area contributed by atoms with E-state index in [4.69, 9.17) is 4.74 Å². The highest BCUT2D eigenvalue weighted by molar-refractivity contribution is 9.09. The largest absolute Gasteiger partial charge is 0.461 e. The summed E-state index contributed by atoms with van der Waals surface area (Å²) < 4.78 is 4.78. The maximum Gasteiger partial charge on any atom is 0.354 e. The van der Waals surface area contributed by atoms with Gasteiger partial charge in [-0.05, 0) is 13.3 Å². The molecule has 1 aliphatic rings. The summed E-state index contributed by atoms with van der Waals surface area (Å²) in [7, 11) is 0. The van der Waals surface area contributed by atoms with Crippen molar-refractivity contribution in [2.75, 3.05) is 6.61 Å². The van der Waals surface area contributed by atoms with Crippen LogP contribution in [0, 0.1) is 0 Å². The van der Waals surface area contributed by atoms with Crippen LogP contribution in [0.2, 0.25) is 0 Å². The summed E-state index contributed by atoms with van der Waals surface area (Å²) >= 11 is 3.33. The summed E-state index contributed by atoms with van der Waals surface area (Å²) in [6.07, 6.45) is 2.66. The minimum Gasteiger partial charge on any atom is -0.461 e. The van der Waals surface area contributed by atoms with Gasteiger partial charge in [-0.3, -0.25) is 0 Å². The molecular weight excluding hydrogens is 210 g/mol. The Balaban J connectivity index is 2.43. The van der Waals surface area contributed by atoms with Crippen molar-refractivity contribution in [3.8, 4) is 0 Å². The molecule has 1 N–H and O–H groups in total. The molecule has 0 fully saturated rings. The number of carbonyl (C=O) groups excluding carboxylic acids is 1. The number of esters is 1. The van der Waals surface area contributed by atoms with E-state index >= 15 is 0 Å². The summed E-state index contributed by atoms with van der Waals surface area (Å²) in [6, 6.07) is 0. The van der Waals surface area contributed by atoms with Crippen LogP contribution in [0.5, 0.6) is 0 Å². The molecule has 0 aromatic rings. The standard InChI is InChI=1S/C7H10BrNO2/c1-2-11-7(10)5-3-4-6(8)9-5/h3,6,9H,2,4H2,1H3. The molecule has 0 amide bonds. The molecule has 1 aliphatic heterocycles. The van der Waals surface area contributed by atoms with E-state index in [9.17, 15) is 4.79 Å². The van der Waals surface area contributed by atoms with Gasteiger partial charge >= 0.3 is 5.97 Å². The maximum absolute atomic E-state index is 11.0. The molecular formula is C7H10BrNO2. The Bertz CT molecular complexity index is 191. The van der Waals surface area contributed by atoms with Gasteiger partial charge in [0.2, 0.25) is 0 Å². The van der Waals surface area contributed by atoms with Crippen molar-refractivity contribution in [3.05, 3.63) is 11.8 Å². The lowest BCUT2D eigenvalue weighted by Crippen LogP contribution is -2.22. The lowest BCUT2D eigenvalue weighted by Gasteiger charge is -2.05. The number of alkyl halides is 1. The Labute approximate surface area is 73.9 Å². The zero-order valence-electron chi connectivity index (χ0n) is 6.26. The topological polar surface area (TPSA) is 38.3 Å². The number of ether oxygens (including phenoxy) is 1. The van der Waals surface area contributed by atoms with Crippen LogP contribution in [0.25, 0.3) is 0 Å². The van der Waals surface area contributed by atoms with E-state index in [1.807, 2.05) is 6.08 Å². The fraction of sp³-hybridized carbons (Fsp3) is 0.571. The Morgan fingerprint density at radius 3 is 3.18 bits per heavy atom. The second-order valence-electron chi connectivity index (χ2n) is 2.19. The number of halogens is 1. The van der Waals surface area contributed by atoms with Crippen molar-refractivity contribution in [2.24, 2.45) is 0 Å². The van der Waals surface area contributed by atoms with E-state index in [0.29, 0.717) is 12.3 Å². The van der Waals surface area contributed by atoms with Gasteiger partial charge in [-0.15, -0.1) is 0 Å². The van der Waals surface area contributed by atoms with Crippen LogP contribution < -0.4 is 5.32 Å². The van der Waals surface area contributed by atoms with Crippen LogP contribution in [0.15, 0.2) is 11.8 Å². The van der Waals surface area contributed by atoms with Crippen molar-refractivity contribution in [1.29, 1.82) is 0 Å². The van der Waals surface area contributed by atoms with Crippen molar-refractivity contribution in [2.45, 2.75) is 18.3 Å². The highest BCUT2D eigenvalue weighted by Crippen LogP contribution is 2.14. The lowest BCUT2D eigenvalue weighted by molar-refractivity contribution is -0.138. The summed E-state index contributed by atoms with van der Waals surface area (Å²) in [5.74, 6) is -0.269. The summed E-state index contributed by atoms with van der Waals surface area (Å²) in [4.78, 5) is 11.2. The van der Waals surface area contributed by atoms with E-state index in [1.54, 1.807) is 6.92 Å². The van der Waals surface area contributed by atoms with Crippen molar-refractivity contribution in [1.82, 2.24) is 5.32 Å². The zero-order valence-corrected chi connectivity index (χ0v) is 7.85. The first-order valence-electron chi connectivity index (χ1n) is 3.52. The molecule has 1 unspecified atom stereocenters. The molecule has 0 bridgehead atoms. The van der Waals surface area contributed by atoms with E-state index in [0.717, 1.165) is 6.42 Å². The molecule has 1 atom stereocenters. The van der Waals surface area contributed by atoms with E-state index in [1.165, 1.54) is 0 Å². The smallest absolute Gasteiger partial charge is 0.354 e. The molecule has 4 heteroatoms. The molecule has 0 radical (unpaired) electrons. The van der Waals surface area contributed by atoms with Crippen LogP contribution in [-0.2, 0) is 9.53 Å². The number of rotatable bonds is 2. The molecule has 0 aromatic carbocycles.